The van der Waals surface area contributed by atoms with E-state index in [1.807, 2.05) is 6.92 Å². The summed E-state index contributed by atoms with van der Waals surface area (Å²) >= 11 is 0. The number of rotatable bonds is 8. The molecule has 0 atom stereocenters. The quantitative estimate of drug-likeness (QED) is 0.720. The Labute approximate surface area is 124 Å². The SMILES string of the molecule is CCOC(=O)CCNc1cc(NC(C)=O)ccc1OCC. The maximum absolute atomic E-state index is 11.3. The van der Waals surface area contributed by atoms with Crippen LogP contribution in [-0.4, -0.2) is 31.6 Å². The lowest BCUT2D eigenvalue weighted by Crippen LogP contribution is -2.12. The van der Waals surface area contributed by atoms with Crippen molar-refractivity contribution in [3.63, 3.8) is 0 Å². The third-order valence-electron chi connectivity index (χ3n) is 2.55. The number of amides is 1. The van der Waals surface area contributed by atoms with Crippen molar-refractivity contribution in [1.82, 2.24) is 0 Å². The molecule has 0 aliphatic heterocycles. The normalized spacial score (nSPS) is 9.86. The van der Waals surface area contributed by atoms with E-state index in [9.17, 15) is 9.59 Å². The summed E-state index contributed by atoms with van der Waals surface area (Å²) in [6, 6.07) is 5.32. The molecular weight excluding hydrogens is 272 g/mol. The lowest BCUT2D eigenvalue weighted by molar-refractivity contribution is -0.142. The molecule has 1 rings (SSSR count). The summed E-state index contributed by atoms with van der Waals surface area (Å²) in [5.41, 5.74) is 1.40. The summed E-state index contributed by atoms with van der Waals surface area (Å²) in [4.78, 5) is 22.4. The number of carbonyl (C=O) groups is 2. The topological polar surface area (TPSA) is 76.7 Å². The van der Waals surface area contributed by atoms with Crippen molar-refractivity contribution in [3.8, 4) is 5.75 Å². The van der Waals surface area contributed by atoms with E-state index in [2.05, 4.69) is 10.6 Å². The third kappa shape index (κ3) is 6.16. The molecule has 0 aromatic heterocycles. The summed E-state index contributed by atoms with van der Waals surface area (Å²) in [6.07, 6.45) is 0.268. The van der Waals surface area contributed by atoms with Crippen molar-refractivity contribution in [1.29, 1.82) is 0 Å². The van der Waals surface area contributed by atoms with E-state index in [0.717, 1.165) is 5.69 Å². The van der Waals surface area contributed by atoms with Gasteiger partial charge in [-0.3, -0.25) is 9.59 Å². The molecule has 0 heterocycles. The molecule has 0 aliphatic rings. The predicted octanol–water partition coefficient (Wildman–Crippen LogP) is 2.41. The smallest absolute Gasteiger partial charge is 0.307 e. The Morgan fingerprint density at radius 2 is 1.95 bits per heavy atom. The van der Waals surface area contributed by atoms with Crippen LogP contribution in [0.25, 0.3) is 0 Å². The Balaban J connectivity index is 2.71. The van der Waals surface area contributed by atoms with Crippen molar-refractivity contribution in [2.24, 2.45) is 0 Å². The summed E-state index contributed by atoms with van der Waals surface area (Å²) in [5.74, 6) is 0.285. The summed E-state index contributed by atoms with van der Waals surface area (Å²) < 4.78 is 10.4. The summed E-state index contributed by atoms with van der Waals surface area (Å²) in [6.45, 7) is 6.46. The van der Waals surface area contributed by atoms with Gasteiger partial charge in [0.15, 0.2) is 0 Å². The number of anilines is 2. The number of hydrogen-bond acceptors (Lipinski definition) is 5. The molecule has 0 fully saturated rings. The van der Waals surface area contributed by atoms with Crippen molar-refractivity contribution in [2.45, 2.75) is 27.2 Å². The fourth-order valence-corrected chi connectivity index (χ4v) is 1.76. The van der Waals surface area contributed by atoms with Gasteiger partial charge >= 0.3 is 5.97 Å². The minimum Gasteiger partial charge on any atom is -0.492 e. The van der Waals surface area contributed by atoms with Crippen LogP contribution in [0.2, 0.25) is 0 Å². The summed E-state index contributed by atoms with van der Waals surface area (Å²) in [5, 5.41) is 5.83. The summed E-state index contributed by atoms with van der Waals surface area (Å²) in [7, 11) is 0. The largest absolute Gasteiger partial charge is 0.492 e. The zero-order valence-electron chi connectivity index (χ0n) is 12.7. The first-order chi connectivity index (χ1) is 10.1. The van der Waals surface area contributed by atoms with E-state index in [4.69, 9.17) is 9.47 Å². The van der Waals surface area contributed by atoms with Crippen molar-refractivity contribution < 1.29 is 19.1 Å². The number of nitrogens with one attached hydrogen (secondary N) is 2. The molecule has 1 amide bonds. The van der Waals surface area contributed by atoms with Crippen LogP contribution < -0.4 is 15.4 Å². The molecule has 1 aromatic rings. The molecule has 0 spiro atoms. The van der Waals surface area contributed by atoms with Crippen molar-refractivity contribution in [3.05, 3.63) is 18.2 Å². The Morgan fingerprint density at radius 1 is 1.19 bits per heavy atom. The minimum absolute atomic E-state index is 0.142. The highest BCUT2D eigenvalue weighted by atomic mass is 16.5. The standard InChI is InChI=1S/C15H22N2O4/c1-4-20-14-7-6-12(17-11(3)18)10-13(14)16-9-8-15(19)21-5-2/h6-7,10,16H,4-5,8-9H2,1-3H3,(H,17,18). The van der Waals surface area contributed by atoms with E-state index < -0.39 is 0 Å². The van der Waals surface area contributed by atoms with Crippen LogP contribution in [0.15, 0.2) is 18.2 Å². The number of hydrogen-bond donors (Lipinski definition) is 2. The van der Waals surface area contributed by atoms with Crippen LogP contribution in [-0.2, 0) is 14.3 Å². The van der Waals surface area contributed by atoms with Gasteiger partial charge in [0.1, 0.15) is 5.75 Å². The van der Waals surface area contributed by atoms with Crippen LogP contribution in [0.5, 0.6) is 5.75 Å². The zero-order valence-corrected chi connectivity index (χ0v) is 12.7. The predicted molar refractivity (Wildman–Crippen MR) is 81.7 cm³/mol. The first-order valence-electron chi connectivity index (χ1n) is 7.00. The van der Waals surface area contributed by atoms with E-state index >= 15 is 0 Å². The molecule has 0 saturated carbocycles. The highest BCUT2D eigenvalue weighted by Crippen LogP contribution is 2.28. The molecule has 116 valence electrons. The maximum Gasteiger partial charge on any atom is 0.307 e. The lowest BCUT2D eigenvalue weighted by atomic mass is 10.2. The fraction of sp³-hybridized carbons (Fsp3) is 0.467. The van der Waals surface area contributed by atoms with Gasteiger partial charge in [-0.05, 0) is 32.0 Å². The number of carbonyl (C=O) groups excluding carboxylic acids is 2. The average molecular weight is 294 g/mol. The van der Waals surface area contributed by atoms with Crippen LogP contribution >= 0.6 is 0 Å². The first kappa shape index (κ1) is 16.8. The number of ether oxygens (including phenoxy) is 2. The van der Waals surface area contributed by atoms with Crippen molar-refractivity contribution >= 4 is 23.3 Å². The van der Waals surface area contributed by atoms with E-state index in [-0.39, 0.29) is 18.3 Å². The van der Waals surface area contributed by atoms with Crippen LogP contribution in [0, 0.1) is 0 Å². The van der Waals surface area contributed by atoms with Gasteiger partial charge in [-0.15, -0.1) is 0 Å². The van der Waals surface area contributed by atoms with Gasteiger partial charge in [0.2, 0.25) is 5.91 Å². The second-order valence-electron chi connectivity index (χ2n) is 4.31. The van der Waals surface area contributed by atoms with Gasteiger partial charge < -0.3 is 20.1 Å². The van der Waals surface area contributed by atoms with Gasteiger partial charge in [-0.25, -0.2) is 0 Å². The van der Waals surface area contributed by atoms with Gasteiger partial charge in [0.05, 0.1) is 25.3 Å². The minimum atomic E-state index is -0.249. The number of benzene rings is 1. The van der Waals surface area contributed by atoms with Gasteiger partial charge in [0.25, 0.3) is 0 Å². The molecule has 6 heteroatoms. The maximum atomic E-state index is 11.3. The Bertz CT molecular complexity index is 489. The van der Waals surface area contributed by atoms with Crippen LogP contribution in [0.1, 0.15) is 27.2 Å². The van der Waals surface area contributed by atoms with Crippen molar-refractivity contribution in [2.75, 3.05) is 30.4 Å². The average Bonchev–Trinajstić information content (AvgIpc) is 2.41. The lowest BCUT2D eigenvalue weighted by Gasteiger charge is -2.14. The number of esters is 1. The molecule has 6 nitrogen and oxygen atoms in total. The Morgan fingerprint density at radius 3 is 2.57 bits per heavy atom. The molecule has 1 aromatic carbocycles. The molecule has 0 radical (unpaired) electrons. The highest BCUT2D eigenvalue weighted by Gasteiger charge is 2.07. The second kappa shape index (κ2) is 8.84. The molecular formula is C15H22N2O4. The van der Waals surface area contributed by atoms with Gasteiger partial charge in [0, 0.05) is 19.2 Å². The monoisotopic (exact) mass is 294 g/mol. The third-order valence-corrected chi connectivity index (χ3v) is 2.55. The molecule has 0 bridgehead atoms. The Kier molecular flexibility index (Phi) is 7.08. The molecule has 21 heavy (non-hydrogen) atoms. The van der Waals surface area contributed by atoms with E-state index in [1.54, 1.807) is 25.1 Å². The van der Waals surface area contributed by atoms with Gasteiger partial charge in [-0.1, -0.05) is 0 Å². The highest BCUT2D eigenvalue weighted by molar-refractivity contribution is 5.89. The van der Waals surface area contributed by atoms with E-state index in [1.165, 1.54) is 6.92 Å². The molecule has 2 N–H and O–H groups in total. The first-order valence-corrected chi connectivity index (χ1v) is 7.00. The van der Waals surface area contributed by atoms with Gasteiger partial charge in [-0.2, -0.15) is 0 Å². The zero-order chi connectivity index (χ0) is 15.7. The fourth-order valence-electron chi connectivity index (χ4n) is 1.76. The Hall–Kier alpha value is -2.24. The molecule has 0 saturated heterocycles. The van der Waals surface area contributed by atoms with Crippen LogP contribution in [0.4, 0.5) is 11.4 Å². The van der Waals surface area contributed by atoms with Crippen LogP contribution in [0.3, 0.4) is 0 Å². The second-order valence-corrected chi connectivity index (χ2v) is 4.31. The van der Waals surface area contributed by atoms with E-state index in [0.29, 0.717) is 31.2 Å². The molecule has 0 unspecified atom stereocenters. The molecule has 0 aliphatic carbocycles.